The number of hydrogen-bond acceptors (Lipinski definition) is 6. The van der Waals surface area contributed by atoms with E-state index in [2.05, 4.69) is 26.3 Å². The lowest BCUT2D eigenvalue weighted by Gasteiger charge is -2.09. The predicted molar refractivity (Wildman–Crippen MR) is 104 cm³/mol. The van der Waals surface area contributed by atoms with Gasteiger partial charge in [0.15, 0.2) is 0 Å². The average molecular weight is 491 g/mol. The third-order valence-electron chi connectivity index (χ3n) is 4.43. The number of amides is 2. The number of carbonyl (C=O) groups excluding carboxylic acids is 3. The summed E-state index contributed by atoms with van der Waals surface area (Å²) in [6, 6.07) is 0. The highest BCUT2D eigenvalue weighted by atomic mass is 79.9. The standard InChI is InChI=1S/C17H17BrF2N4O4S/c1-6-9(17(27)28-2)16(29-13(6)15(21)26)22-8(25)5-24-12(7-3-4-7)10(18)11(23-24)14(19)20/h7,14H,3-5H2,1-2H3,(H2,21,26)(H,22,25). The van der Waals surface area contributed by atoms with Gasteiger partial charge in [-0.25, -0.2) is 13.6 Å². The maximum atomic E-state index is 13.2. The number of hydrogen-bond donors (Lipinski definition) is 2. The molecule has 1 fully saturated rings. The van der Waals surface area contributed by atoms with Crippen LogP contribution in [0.25, 0.3) is 0 Å². The lowest BCUT2D eigenvalue weighted by atomic mass is 10.1. The Morgan fingerprint density at radius 2 is 2.07 bits per heavy atom. The molecule has 29 heavy (non-hydrogen) atoms. The van der Waals surface area contributed by atoms with Crippen LogP contribution in [-0.4, -0.2) is 34.7 Å². The minimum Gasteiger partial charge on any atom is -0.465 e. The second kappa shape index (κ2) is 8.19. The number of rotatable bonds is 7. The largest absolute Gasteiger partial charge is 0.465 e. The lowest BCUT2D eigenvalue weighted by molar-refractivity contribution is -0.116. The first-order chi connectivity index (χ1) is 13.6. The number of esters is 1. The van der Waals surface area contributed by atoms with Crippen LogP contribution in [-0.2, 0) is 16.1 Å². The van der Waals surface area contributed by atoms with E-state index in [0.29, 0.717) is 11.3 Å². The van der Waals surface area contributed by atoms with Gasteiger partial charge in [0.1, 0.15) is 17.2 Å². The summed E-state index contributed by atoms with van der Waals surface area (Å²) < 4.78 is 32.5. The number of anilines is 1. The Bertz CT molecular complexity index is 1000. The number of primary amides is 1. The monoisotopic (exact) mass is 490 g/mol. The van der Waals surface area contributed by atoms with Gasteiger partial charge in [0.2, 0.25) is 5.91 Å². The highest BCUT2D eigenvalue weighted by Crippen LogP contribution is 2.45. The fraction of sp³-hybridized carbons (Fsp3) is 0.412. The van der Waals surface area contributed by atoms with Crippen molar-refractivity contribution in [2.75, 3.05) is 12.4 Å². The van der Waals surface area contributed by atoms with Gasteiger partial charge in [0.25, 0.3) is 12.3 Å². The molecule has 0 saturated heterocycles. The molecule has 156 valence electrons. The molecule has 2 aromatic heterocycles. The Balaban J connectivity index is 1.89. The highest BCUT2D eigenvalue weighted by Gasteiger charge is 2.34. The molecular weight excluding hydrogens is 474 g/mol. The van der Waals surface area contributed by atoms with Crippen LogP contribution in [0.1, 0.15) is 62.2 Å². The summed E-state index contributed by atoms with van der Waals surface area (Å²) in [5.74, 6) is -2.01. The van der Waals surface area contributed by atoms with E-state index in [4.69, 9.17) is 10.5 Å². The van der Waals surface area contributed by atoms with Gasteiger partial charge in [-0.1, -0.05) is 0 Å². The second-order valence-corrected chi connectivity index (χ2v) is 8.30. The number of carbonyl (C=O) groups is 3. The summed E-state index contributed by atoms with van der Waals surface area (Å²) in [6.07, 6.45) is -1.13. The van der Waals surface area contributed by atoms with Crippen molar-refractivity contribution >= 4 is 50.1 Å². The zero-order valence-electron chi connectivity index (χ0n) is 15.4. The van der Waals surface area contributed by atoms with Gasteiger partial charge in [-0.2, -0.15) is 5.10 Å². The molecule has 2 aromatic rings. The van der Waals surface area contributed by atoms with Crippen LogP contribution in [0.4, 0.5) is 13.8 Å². The van der Waals surface area contributed by atoms with Crippen molar-refractivity contribution in [1.29, 1.82) is 0 Å². The SMILES string of the molecule is COC(=O)c1c(NC(=O)Cn2nc(C(F)F)c(Br)c2C2CC2)sc(C(N)=O)c1C. The summed E-state index contributed by atoms with van der Waals surface area (Å²) in [5, 5.41) is 6.51. The van der Waals surface area contributed by atoms with E-state index in [1.54, 1.807) is 0 Å². The van der Waals surface area contributed by atoms with Gasteiger partial charge < -0.3 is 15.8 Å². The fourth-order valence-corrected chi connectivity index (χ4v) is 4.81. The molecule has 0 aromatic carbocycles. The van der Waals surface area contributed by atoms with Gasteiger partial charge in [-0.05, 0) is 41.3 Å². The van der Waals surface area contributed by atoms with E-state index >= 15 is 0 Å². The Kier molecular flexibility index (Phi) is 6.03. The molecule has 0 spiro atoms. The van der Waals surface area contributed by atoms with Gasteiger partial charge >= 0.3 is 5.97 Å². The first-order valence-corrected chi connectivity index (χ1v) is 10.1. The van der Waals surface area contributed by atoms with Gasteiger partial charge in [0.05, 0.1) is 27.7 Å². The summed E-state index contributed by atoms with van der Waals surface area (Å²) in [7, 11) is 1.17. The van der Waals surface area contributed by atoms with E-state index in [1.165, 1.54) is 18.7 Å². The topological polar surface area (TPSA) is 116 Å². The van der Waals surface area contributed by atoms with E-state index in [1.807, 2.05) is 0 Å². The quantitative estimate of drug-likeness (QED) is 0.577. The lowest BCUT2D eigenvalue weighted by Crippen LogP contribution is -2.21. The Morgan fingerprint density at radius 1 is 1.41 bits per heavy atom. The zero-order valence-corrected chi connectivity index (χ0v) is 17.8. The maximum absolute atomic E-state index is 13.2. The molecule has 0 atom stereocenters. The molecule has 1 aliphatic rings. The van der Waals surface area contributed by atoms with Crippen LogP contribution in [0.2, 0.25) is 0 Å². The van der Waals surface area contributed by atoms with Crippen molar-refractivity contribution in [3.63, 3.8) is 0 Å². The Hall–Kier alpha value is -2.34. The molecule has 8 nitrogen and oxygen atoms in total. The third-order valence-corrected chi connectivity index (χ3v) is 6.47. The Morgan fingerprint density at radius 3 is 2.59 bits per heavy atom. The van der Waals surface area contributed by atoms with E-state index in [0.717, 1.165) is 24.2 Å². The first kappa shape index (κ1) is 21.4. The van der Waals surface area contributed by atoms with Crippen molar-refractivity contribution in [3.05, 3.63) is 31.9 Å². The number of alkyl halides is 2. The number of thiophene rings is 1. The summed E-state index contributed by atoms with van der Waals surface area (Å²) in [5.41, 5.74) is 5.76. The van der Waals surface area contributed by atoms with Gasteiger partial charge in [0, 0.05) is 5.92 Å². The van der Waals surface area contributed by atoms with E-state index in [9.17, 15) is 23.2 Å². The van der Waals surface area contributed by atoms with Crippen LogP contribution < -0.4 is 11.1 Å². The molecule has 1 aliphatic carbocycles. The van der Waals surface area contributed by atoms with Crippen LogP contribution in [0, 0.1) is 6.92 Å². The van der Waals surface area contributed by atoms with Crippen molar-refractivity contribution in [1.82, 2.24) is 9.78 Å². The first-order valence-electron chi connectivity index (χ1n) is 8.51. The molecule has 3 N–H and O–H groups in total. The number of methoxy groups -OCH3 is 1. The molecule has 12 heteroatoms. The number of ether oxygens (including phenoxy) is 1. The van der Waals surface area contributed by atoms with Gasteiger partial charge in [-0.15, -0.1) is 11.3 Å². The highest BCUT2D eigenvalue weighted by molar-refractivity contribution is 9.10. The van der Waals surface area contributed by atoms with Crippen LogP contribution in [0.5, 0.6) is 0 Å². The van der Waals surface area contributed by atoms with Crippen molar-refractivity contribution in [2.45, 2.75) is 38.7 Å². The van der Waals surface area contributed by atoms with Crippen molar-refractivity contribution in [3.8, 4) is 0 Å². The number of halogens is 3. The number of nitrogens with one attached hydrogen (secondary N) is 1. The normalized spacial score (nSPS) is 13.6. The molecular formula is C17H17BrF2N4O4S. The molecule has 2 heterocycles. The predicted octanol–water partition coefficient (Wildman–Crippen LogP) is 3.35. The number of aromatic nitrogens is 2. The van der Waals surface area contributed by atoms with E-state index in [-0.39, 0.29) is 32.4 Å². The smallest absolute Gasteiger partial charge is 0.341 e. The fourth-order valence-electron chi connectivity index (χ4n) is 2.97. The number of nitrogens with two attached hydrogens (primary N) is 1. The average Bonchev–Trinajstić information content (AvgIpc) is 3.34. The molecule has 0 unspecified atom stereocenters. The van der Waals surface area contributed by atoms with Gasteiger partial charge in [-0.3, -0.25) is 14.3 Å². The molecule has 0 aliphatic heterocycles. The van der Waals surface area contributed by atoms with Crippen molar-refractivity contribution < 1.29 is 27.9 Å². The van der Waals surface area contributed by atoms with Crippen molar-refractivity contribution in [2.24, 2.45) is 5.73 Å². The number of nitrogens with zero attached hydrogens (tertiary/aromatic N) is 2. The minimum atomic E-state index is -2.78. The molecule has 0 bridgehead atoms. The maximum Gasteiger partial charge on any atom is 0.341 e. The molecule has 0 radical (unpaired) electrons. The molecule has 2 amide bonds. The van der Waals surface area contributed by atoms with Crippen LogP contribution >= 0.6 is 27.3 Å². The third kappa shape index (κ3) is 4.17. The summed E-state index contributed by atoms with van der Waals surface area (Å²) in [4.78, 5) is 36.4. The second-order valence-electron chi connectivity index (χ2n) is 6.48. The summed E-state index contributed by atoms with van der Waals surface area (Å²) >= 11 is 4.01. The Labute approximate surface area is 176 Å². The van der Waals surface area contributed by atoms with E-state index < -0.39 is 29.9 Å². The molecule has 3 rings (SSSR count). The minimum absolute atomic E-state index is 0.0250. The zero-order chi connectivity index (χ0) is 21.5. The van der Waals surface area contributed by atoms with Crippen LogP contribution in [0.15, 0.2) is 4.47 Å². The molecule has 1 saturated carbocycles. The van der Waals surface area contributed by atoms with Crippen LogP contribution in [0.3, 0.4) is 0 Å². The summed E-state index contributed by atoms with van der Waals surface area (Å²) in [6.45, 7) is 1.18.